The van der Waals surface area contributed by atoms with E-state index >= 15 is 0 Å². The van der Waals surface area contributed by atoms with E-state index in [1.54, 1.807) is 26.4 Å². The van der Waals surface area contributed by atoms with E-state index in [9.17, 15) is 4.79 Å². The van der Waals surface area contributed by atoms with E-state index in [4.69, 9.17) is 18.6 Å². The van der Waals surface area contributed by atoms with E-state index in [1.165, 1.54) is 32.1 Å². The molecule has 0 fully saturated rings. The van der Waals surface area contributed by atoms with Gasteiger partial charge in [-0.25, -0.2) is 4.79 Å². The van der Waals surface area contributed by atoms with Gasteiger partial charge in [0, 0.05) is 23.1 Å². The number of fused-ring (bicyclic) bond motifs is 1. The molecule has 0 aliphatic rings. The second-order valence-corrected chi connectivity index (χ2v) is 8.14. The third-order valence-corrected chi connectivity index (χ3v) is 5.82. The van der Waals surface area contributed by atoms with E-state index in [0.717, 1.165) is 28.7 Å². The Morgan fingerprint density at radius 2 is 1.64 bits per heavy atom. The highest BCUT2D eigenvalue weighted by Crippen LogP contribution is 2.28. The van der Waals surface area contributed by atoms with E-state index in [1.807, 2.05) is 43.3 Å². The zero-order chi connectivity index (χ0) is 23.6. The van der Waals surface area contributed by atoms with Crippen molar-refractivity contribution < 1.29 is 18.6 Å². The molecule has 0 N–H and O–H groups in total. The number of ether oxygens (including phenoxy) is 3. The lowest BCUT2D eigenvalue weighted by Gasteiger charge is -2.09. The van der Waals surface area contributed by atoms with Gasteiger partial charge in [-0.2, -0.15) is 0 Å². The highest BCUT2D eigenvalue weighted by atomic mass is 16.5. The molecule has 1 aromatic heterocycles. The summed E-state index contributed by atoms with van der Waals surface area (Å²) in [6.07, 6.45) is 10.9. The summed E-state index contributed by atoms with van der Waals surface area (Å²) in [6.45, 7) is 4.83. The van der Waals surface area contributed by atoms with Gasteiger partial charge in [-0.1, -0.05) is 45.1 Å². The van der Waals surface area contributed by atoms with Crippen LogP contribution >= 0.6 is 0 Å². The Morgan fingerprint density at radius 3 is 2.39 bits per heavy atom. The summed E-state index contributed by atoms with van der Waals surface area (Å²) in [7, 11) is 3.22. The first-order valence-corrected chi connectivity index (χ1v) is 11.7. The quantitative estimate of drug-likeness (QED) is 0.219. The van der Waals surface area contributed by atoms with Gasteiger partial charge < -0.3 is 18.6 Å². The van der Waals surface area contributed by atoms with Crippen LogP contribution in [0.3, 0.4) is 0 Å². The summed E-state index contributed by atoms with van der Waals surface area (Å²) < 4.78 is 22.2. The van der Waals surface area contributed by atoms with Gasteiger partial charge in [0.2, 0.25) is 0 Å². The molecular weight excluding hydrogens is 416 g/mol. The normalized spacial score (nSPS) is 11.3. The van der Waals surface area contributed by atoms with Gasteiger partial charge >= 0.3 is 5.63 Å². The number of methoxy groups -OCH3 is 2. The van der Waals surface area contributed by atoms with E-state index in [0.29, 0.717) is 29.3 Å². The van der Waals surface area contributed by atoms with Crippen LogP contribution in [0.4, 0.5) is 0 Å². The number of hydrogen-bond acceptors (Lipinski definition) is 5. The first-order valence-electron chi connectivity index (χ1n) is 11.7. The Hall–Kier alpha value is -3.21. The fourth-order valence-electron chi connectivity index (χ4n) is 3.83. The molecule has 0 saturated carbocycles. The molecular formula is C28H34O5. The van der Waals surface area contributed by atoms with Crippen LogP contribution in [-0.2, 0) is 0 Å². The van der Waals surface area contributed by atoms with Crippen molar-refractivity contribution in [1.29, 1.82) is 0 Å². The Bertz CT molecular complexity index is 1140. The lowest BCUT2D eigenvalue weighted by molar-refractivity contribution is 0.304. The van der Waals surface area contributed by atoms with Crippen LogP contribution in [-0.4, -0.2) is 20.8 Å². The Labute approximate surface area is 196 Å². The molecule has 0 spiro atoms. The van der Waals surface area contributed by atoms with Crippen molar-refractivity contribution in [2.75, 3.05) is 20.8 Å². The zero-order valence-corrected chi connectivity index (χ0v) is 20.1. The SMILES string of the molecule is CCCCCCCCOc1ccc2c(C)c(/C=C/c3ccc(OC)cc3OC)c(=O)oc2c1. The Kier molecular flexibility index (Phi) is 8.99. The maximum atomic E-state index is 12.7. The summed E-state index contributed by atoms with van der Waals surface area (Å²) in [6, 6.07) is 11.2. The van der Waals surface area contributed by atoms with Gasteiger partial charge in [-0.05, 0) is 49.2 Å². The molecule has 2 aromatic carbocycles. The molecule has 0 bridgehead atoms. The molecule has 5 heteroatoms. The molecule has 0 atom stereocenters. The summed E-state index contributed by atoms with van der Waals surface area (Å²) >= 11 is 0. The number of benzene rings is 2. The molecule has 3 aromatic rings. The molecule has 5 nitrogen and oxygen atoms in total. The summed E-state index contributed by atoms with van der Waals surface area (Å²) in [5.41, 5.74) is 2.39. The van der Waals surface area contributed by atoms with Gasteiger partial charge in [0.05, 0.1) is 26.4 Å². The predicted molar refractivity (Wildman–Crippen MR) is 135 cm³/mol. The molecule has 33 heavy (non-hydrogen) atoms. The third kappa shape index (κ3) is 6.41. The van der Waals surface area contributed by atoms with Gasteiger partial charge in [-0.15, -0.1) is 0 Å². The highest BCUT2D eigenvalue weighted by Gasteiger charge is 2.11. The summed E-state index contributed by atoms with van der Waals surface area (Å²) in [5.74, 6) is 2.10. The van der Waals surface area contributed by atoms with Crippen LogP contribution in [0.5, 0.6) is 17.2 Å². The second-order valence-electron chi connectivity index (χ2n) is 8.14. The smallest absolute Gasteiger partial charge is 0.343 e. The van der Waals surface area contributed by atoms with Crippen molar-refractivity contribution in [1.82, 2.24) is 0 Å². The number of hydrogen-bond donors (Lipinski definition) is 0. The lowest BCUT2D eigenvalue weighted by Crippen LogP contribution is -2.06. The molecule has 176 valence electrons. The Morgan fingerprint density at radius 1 is 0.879 bits per heavy atom. The van der Waals surface area contributed by atoms with Crippen molar-refractivity contribution in [3.8, 4) is 17.2 Å². The number of aryl methyl sites for hydroxylation is 1. The fraction of sp³-hybridized carbons (Fsp3) is 0.393. The minimum absolute atomic E-state index is 0.378. The average Bonchev–Trinajstić information content (AvgIpc) is 2.83. The predicted octanol–water partition coefficient (Wildman–Crippen LogP) is 7.03. The largest absolute Gasteiger partial charge is 0.497 e. The van der Waals surface area contributed by atoms with E-state index < -0.39 is 0 Å². The Balaban J connectivity index is 1.74. The third-order valence-electron chi connectivity index (χ3n) is 5.82. The minimum atomic E-state index is -0.378. The van der Waals surface area contributed by atoms with Crippen LogP contribution in [0.15, 0.2) is 45.6 Å². The van der Waals surface area contributed by atoms with E-state index in [2.05, 4.69) is 6.92 Å². The maximum Gasteiger partial charge on any atom is 0.343 e. The van der Waals surface area contributed by atoms with Gasteiger partial charge in [-0.3, -0.25) is 0 Å². The van der Waals surface area contributed by atoms with Gasteiger partial charge in [0.25, 0.3) is 0 Å². The van der Waals surface area contributed by atoms with Crippen LogP contribution < -0.4 is 19.8 Å². The second kappa shape index (κ2) is 12.1. The van der Waals surface area contributed by atoms with Crippen molar-refractivity contribution in [2.45, 2.75) is 52.4 Å². The molecule has 3 rings (SSSR count). The van der Waals surface area contributed by atoms with Gasteiger partial charge in [0.15, 0.2) is 0 Å². The molecule has 0 aliphatic carbocycles. The zero-order valence-electron chi connectivity index (χ0n) is 20.1. The monoisotopic (exact) mass is 450 g/mol. The number of unbranched alkanes of at least 4 members (excludes halogenated alkanes) is 5. The van der Waals surface area contributed by atoms with Crippen LogP contribution in [0, 0.1) is 6.92 Å². The van der Waals surface area contributed by atoms with Crippen molar-refractivity contribution >= 4 is 23.1 Å². The van der Waals surface area contributed by atoms with Crippen molar-refractivity contribution in [3.05, 3.63) is 63.5 Å². The van der Waals surface area contributed by atoms with Crippen LogP contribution in [0.1, 0.15) is 62.1 Å². The fourth-order valence-corrected chi connectivity index (χ4v) is 3.83. The molecule has 1 heterocycles. The molecule has 0 saturated heterocycles. The standard InChI is InChI=1S/C28H34O5/c1-5-6-7-8-9-10-17-32-23-14-16-24-20(2)25(28(29)33-27(24)19-23)15-12-21-11-13-22(30-3)18-26(21)31-4/h11-16,18-19H,5-10,17H2,1-4H3/b15-12+. The molecule has 0 unspecified atom stereocenters. The first kappa shape index (κ1) is 24.4. The topological polar surface area (TPSA) is 57.9 Å². The van der Waals surface area contributed by atoms with Crippen LogP contribution in [0.2, 0.25) is 0 Å². The molecule has 0 radical (unpaired) electrons. The molecule has 0 amide bonds. The summed E-state index contributed by atoms with van der Waals surface area (Å²) in [5, 5.41) is 0.892. The highest BCUT2D eigenvalue weighted by molar-refractivity contribution is 5.86. The van der Waals surface area contributed by atoms with Crippen molar-refractivity contribution in [2.24, 2.45) is 0 Å². The molecule has 0 aliphatic heterocycles. The van der Waals surface area contributed by atoms with Gasteiger partial charge in [0.1, 0.15) is 22.8 Å². The number of rotatable bonds is 12. The lowest BCUT2D eigenvalue weighted by atomic mass is 10.0. The average molecular weight is 451 g/mol. The van der Waals surface area contributed by atoms with Crippen molar-refractivity contribution in [3.63, 3.8) is 0 Å². The summed E-state index contributed by atoms with van der Waals surface area (Å²) in [4.78, 5) is 12.7. The van der Waals surface area contributed by atoms with Crippen LogP contribution in [0.25, 0.3) is 23.1 Å². The minimum Gasteiger partial charge on any atom is -0.497 e. The first-order chi connectivity index (χ1) is 16.1. The maximum absolute atomic E-state index is 12.7. The van der Waals surface area contributed by atoms with E-state index in [-0.39, 0.29) is 5.63 Å².